The molecule has 2 aromatic carbocycles. The number of halogens is 1. The van der Waals surface area contributed by atoms with Crippen LogP contribution in [0, 0.1) is 0 Å². The van der Waals surface area contributed by atoms with Crippen LogP contribution in [0.15, 0.2) is 58.4 Å². The van der Waals surface area contributed by atoms with Crippen LogP contribution in [0.5, 0.6) is 0 Å². The molecule has 0 heterocycles. The predicted molar refractivity (Wildman–Crippen MR) is 90.3 cm³/mol. The van der Waals surface area contributed by atoms with E-state index in [-0.39, 0.29) is 5.41 Å². The van der Waals surface area contributed by atoms with Crippen molar-refractivity contribution in [2.75, 3.05) is 0 Å². The molecule has 2 aromatic rings. The van der Waals surface area contributed by atoms with Crippen LogP contribution in [0.2, 0.25) is 0 Å². The normalized spacial score (nSPS) is 11.1. The molecule has 1 nitrogen and oxygen atoms in total. The summed E-state index contributed by atoms with van der Waals surface area (Å²) in [5.74, 6) is 0. The van der Waals surface area contributed by atoms with Crippen LogP contribution in [-0.2, 0) is 33.1 Å². The van der Waals surface area contributed by atoms with Gasteiger partial charge in [-0.25, -0.2) is 0 Å². The summed E-state index contributed by atoms with van der Waals surface area (Å²) in [7, 11) is 4.20. The Hall–Kier alpha value is -0.861. The van der Waals surface area contributed by atoms with Gasteiger partial charge >= 0.3 is 25.2 Å². The predicted octanol–water partition coefficient (Wildman–Crippen LogP) is 5.33. The Morgan fingerprint density at radius 2 is 1.62 bits per heavy atom. The minimum absolute atomic E-state index is 0.0632. The molecule has 0 aromatic heterocycles. The topological polar surface area (TPSA) is 12.4 Å². The van der Waals surface area contributed by atoms with Crippen molar-refractivity contribution in [3.63, 3.8) is 0 Å². The standard InChI is InChI=1S/C17H19NS.ClH.Cu/c1-17(2,3)15-11-7-8-13(16(15)19)12-18-14-9-5-4-6-10-14;;/h4-12,19H,1-3H3;1H;/q;;+2/p-2. The first kappa shape index (κ1) is 18.2. The Bertz CT molecular complexity index is 591. The van der Waals surface area contributed by atoms with Gasteiger partial charge < -0.3 is 12.6 Å². The number of para-hydroxylation sites is 1. The Balaban J connectivity index is 0.00000106. The first-order valence-corrected chi connectivity index (χ1v) is 8.20. The average Bonchev–Trinajstić information content (AvgIpc) is 2.48. The summed E-state index contributed by atoms with van der Waals surface area (Å²) in [6.07, 6.45) is 1.85. The van der Waals surface area contributed by atoms with Gasteiger partial charge in [-0.2, -0.15) is 4.90 Å². The van der Waals surface area contributed by atoms with E-state index < -0.39 is 0 Å². The first-order valence-electron chi connectivity index (χ1n) is 6.49. The number of rotatable bonds is 2. The van der Waals surface area contributed by atoms with E-state index in [4.69, 9.17) is 12.6 Å². The van der Waals surface area contributed by atoms with Crippen molar-refractivity contribution in [2.45, 2.75) is 31.1 Å². The second-order valence-corrected chi connectivity index (χ2v) is 5.98. The molecule has 0 aliphatic carbocycles. The molecule has 0 saturated heterocycles. The summed E-state index contributed by atoms with van der Waals surface area (Å²) in [6, 6.07) is 16.1. The quantitative estimate of drug-likeness (QED) is 0.397. The molecule has 115 valence electrons. The molecule has 4 heteroatoms. The number of benzene rings is 2. The van der Waals surface area contributed by atoms with Crippen LogP contribution < -0.4 is 0 Å². The zero-order chi connectivity index (χ0) is 15.9. The molecule has 0 spiro atoms. The molecule has 0 aliphatic rings. The van der Waals surface area contributed by atoms with Crippen molar-refractivity contribution >= 4 is 34.6 Å². The molecule has 0 saturated carbocycles. The average molecular weight is 367 g/mol. The van der Waals surface area contributed by atoms with Crippen molar-refractivity contribution in [1.29, 1.82) is 0 Å². The fourth-order valence-electron chi connectivity index (χ4n) is 1.91. The Morgan fingerprint density at radius 1 is 1.00 bits per heavy atom. The van der Waals surface area contributed by atoms with Crippen molar-refractivity contribution < 1.29 is 15.1 Å². The molecule has 0 aliphatic heterocycles. The van der Waals surface area contributed by atoms with Gasteiger partial charge in [0.1, 0.15) is 0 Å². The summed E-state index contributed by atoms with van der Waals surface area (Å²) < 4.78 is 0. The summed E-state index contributed by atoms with van der Waals surface area (Å²) in [6.45, 7) is 6.53. The summed E-state index contributed by atoms with van der Waals surface area (Å²) in [4.78, 5) is 5.37. The van der Waals surface area contributed by atoms with Crippen LogP contribution in [0.25, 0.3) is 0 Å². The van der Waals surface area contributed by atoms with Gasteiger partial charge in [0.2, 0.25) is 0 Å². The summed E-state index contributed by atoms with van der Waals surface area (Å²) in [5.41, 5.74) is 3.21. The molecule has 0 radical (unpaired) electrons. The number of nitrogens with zero attached hydrogens (tertiary/aromatic N) is 1. The molecule has 2 rings (SSSR count). The third-order valence-corrected chi connectivity index (χ3v) is 3.42. The zero-order valence-electron chi connectivity index (χ0n) is 12.2. The Labute approximate surface area is 145 Å². The number of hydrogen-bond acceptors (Lipinski definition) is 2. The van der Waals surface area contributed by atoms with E-state index in [1.54, 1.807) is 0 Å². The number of hydrogen-bond donors (Lipinski definition) is 0. The van der Waals surface area contributed by atoms with Crippen LogP contribution in [0.1, 0.15) is 31.9 Å². The molecule has 0 atom stereocenters. The van der Waals surface area contributed by atoms with Gasteiger partial charge in [-0.15, -0.1) is 0 Å². The molecule has 0 unspecified atom stereocenters. The third kappa shape index (κ3) is 5.44. The fraction of sp³-hybridized carbons (Fsp3) is 0.235. The van der Waals surface area contributed by atoms with E-state index in [9.17, 15) is 0 Å². The molecule has 0 fully saturated rings. The van der Waals surface area contributed by atoms with E-state index in [1.807, 2.05) is 48.7 Å². The van der Waals surface area contributed by atoms with Gasteiger partial charge in [-0.3, -0.25) is 4.99 Å². The van der Waals surface area contributed by atoms with Crippen LogP contribution in [0.3, 0.4) is 0 Å². The van der Waals surface area contributed by atoms with Gasteiger partial charge in [0.25, 0.3) is 0 Å². The second-order valence-electron chi connectivity index (χ2n) is 5.57. The number of aliphatic imine (C=N–C) groups is 1. The molecular formula is C17H18ClCuNS. The van der Waals surface area contributed by atoms with Gasteiger partial charge in [-0.05, 0) is 23.1 Å². The van der Waals surface area contributed by atoms with E-state index in [0.717, 1.165) is 16.1 Å². The minimum atomic E-state index is 0.0632. The van der Waals surface area contributed by atoms with E-state index in [1.165, 1.54) is 5.56 Å². The SMILES string of the molecule is CC(C)(C)c1cccc(C=Nc2ccccc2)c1[S-].[Cl][Cu+]. The maximum atomic E-state index is 5.56. The molecular weight excluding hydrogens is 349 g/mol. The zero-order valence-corrected chi connectivity index (χ0v) is 14.7. The van der Waals surface area contributed by atoms with Crippen molar-refractivity contribution in [3.8, 4) is 0 Å². The maximum absolute atomic E-state index is 5.56. The van der Waals surface area contributed by atoms with Crippen molar-refractivity contribution in [1.82, 2.24) is 0 Å². The molecule has 0 amide bonds. The summed E-state index contributed by atoms with van der Waals surface area (Å²) >= 11 is 9.22. The van der Waals surface area contributed by atoms with E-state index >= 15 is 0 Å². The van der Waals surface area contributed by atoms with Gasteiger partial charge in [0.05, 0.1) is 5.69 Å². The van der Waals surface area contributed by atoms with Crippen LogP contribution in [-0.4, -0.2) is 6.21 Å². The Morgan fingerprint density at radius 3 is 2.19 bits per heavy atom. The van der Waals surface area contributed by atoms with Gasteiger partial charge in [0, 0.05) is 6.21 Å². The van der Waals surface area contributed by atoms with Gasteiger partial charge in [-0.1, -0.05) is 62.7 Å². The fourth-order valence-corrected chi connectivity index (χ4v) is 2.40. The van der Waals surface area contributed by atoms with E-state index in [2.05, 4.69) is 57.0 Å². The van der Waals surface area contributed by atoms with Crippen molar-refractivity contribution in [3.05, 3.63) is 59.7 Å². The Kier molecular flexibility index (Phi) is 7.41. The van der Waals surface area contributed by atoms with Crippen LogP contribution >= 0.6 is 10.1 Å². The van der Waals surface area contributed by atoms with Crippen LogP contribution in [0.4, 0.5) is 5.69 Å². The van der Waals surface area contributed by atoms with E-state index in [0.29, 0.717) is 0 Å². The second kappa shape index (κ2) is 8.55. The van der Waals surface area contributed by atoms with Crippen molar-refractivity contribution in [2.24, 2.45) is 4.99 Å². The molecule has 0 N–H and O–H groups in total. The van der Waals surface area contributed by atoms with Gasteiger partial charge in [0.15, 0.2) is 0 Å². The molecule has 21 heavy (non-hydrogen) atoms. The first-order chi connectivity index (χ1) is 9.98. The third-order valence-electron chi connectivity index (χ3n) is 2.96. The monoisotopic (exact) mass is 366 g/mol. The summed E-state index contributed by atoms with van der Waals surface area (Å²) in [5, 5.41) is 0. The molecule has 0 bridgehead atoms.